The average Bonchev–Trinajstić information content (AvgIpc) is 2.47. The third-order valence-corrected chi connectivity index (χ3v) is 2.04. The van der Waals surface area contributed by atoms with Gasteiger partial charge in [-0.05, 0) is 6.07 Å². The van der Waals surface area contributed by atoms with E-state index in [4.69, 9.17) is 4.74 Å². The van der Waals surface area contributed by atoms with E-state index in [9.17, 15) is 8.78 Å². The number of alkyl halides is 2. The van der Waals surface area contributed by atoms with Crippen LogP contribution in [0.5, 0.6) is 5.75 Å². The van der Waals surface area contributed by atoms with Crippen molar-refractivity contribution < 1.29 is 13.5 Å². The molecule has 0 N–H and O–H groups in total. The van der Waals surface area contributed by atoms with E-state index >= 15 is 0 Å². The highest BCUT2D eigenvalue weighted by Gasteiger charge is 2.30. The van der Waals surface area contributed by atoms with Crippen molar-refractivity contribution >= 4 is 0 Å². The van der Waals surface area contributed by atoms with E-state index in [-0.39, 0.29) is 6.61 Å². The van der Waals surface area contributed by atoms with Crippen LogP contribution in [0.4, 0.5) is 8.78 Å². The quantitative estimate of drug-likeness (QED) is 0.629. The van der Waals surface area contributed by atoms with Gasteiger partial charge in [-0.15, -0.1) is 0 Å². The summed E-state index contributed by atoms with van der Waals surface area (Å²) in [6, 6.07) is 6.95. The molecule has 1 aliphatic heterocycles. The predicted molar refractivity (Wildman–Crippen MR) is 40.7 cm³/mol. The number of para-hydroxylation sites is 1. The molecular weight excluding hydrogens is 162 g/mol. The zero-order valence-electron chi connectivity index (χ0n) is 6.34. The van der Waals surface area contributed by atoms with Gasteiger partial charge in [0.25, 0.3) is 0 Å². The zero-order chi connectivity index (χ0) is 8.55. The molecule has 1 aromatic carbocycles. The van der Waals surface area contributed by atoms with Crippen LogP contribution in [0.1, 0.15) is 11.5 Å². The smallest absolute Gasteiger partial charge is 0.248 e. The molecule has 1 heterocycles. The lowest BCUT2D eigenvalue weighted by Gasteiger charge is -2.05. The normalized spacial score (nSPS) is 20.8. The molecule has 3 heteroatoms. The molecule has 0 saturated carbocycles. The highest BCUT2D eigenvalue weighted by molar-refractivity contribution is 5.39. The van der Waals surface area contributed by atoms with E-state index in [2.05, 4.69) is 0 Å². The first-order chi connectivity index (χ1) is 5.79. The molecule has 0 bridgehead atoms. The number of hydrogen-bond acceptors (Lipinski definition) is 1. The highest BCUT2D eigenvalue weighted by Crippen LogP contribution is 2.36. The number of benzene rings is 1. The molecular formula is C9H8F2O. The summed E-state index contributed by atoms with van der Waals surface area (Å²) in [4.78, 5) is 0. The van der Waals surface area contributed by atoms with Crippen LogP contribution in [0.3, 0.4) is 0 Å². The Bertz CT molecular complexity index is 286. The lowest BCUT2D eigenvalue weighted by molar-refractivity contribution is 0.102. The summed E-state index contributed by atoms with van der Waals surface area (Å²) >= 11 is 0. The maximum atomic E-state index is 12.3. The fraction of sp³-hybridized carbons (Fsp3) is 0.333. The van der Waals surface area contributed by atoms with E-state index < -0.39 is 12.3 Å². The second kappa shape index (κ2) is 2.73. The van der Waals surface area contributed by atoms with E-state index in [0.29, 0.717) is 11.3 Å². The Hall–Kier alpha value is -1.12. The Morgan fingerprint density at radius 2 is 2.08 bits per heavy atom. The number of hydrogen-bond donors (Lipinski definition) is 0. The van der Waals surface area contributed by atoms with E-state index in [0.717, 1.165) is 0 Å². The molecule has 1 unspecified atom stereocenters. The molecule has 0 saturated heterocycles. The molecule has 1 aliphatic rings. The molecule has 0 fully saturated rings. The summed E-state index contributed by atoms with van der Waals surface area (Å²) < 4.78 is 29.8. The first-order valence-electron chi connectivity index (χ1n) is 3.79. The first kappa shape index (κ1) is 7.53. The third-order valence-electron chi connectivity index (χ3n) is 2.04. The van der Waals surface area contributed by atoms with Crippen molar-refractivity contribution in [2.24, 2.45) is 0 Å². The Labute approximate surface area is 69.0 Å². The van der Waals surface area contributed by atoms with E-state index in [1.54, 1.807) is 24.3 Å². The van der Waals surface area contributed by atoms with E-state index in [1.807, 2.05) is 0 Å². The standard InChI is InChI=1S/C9H8F2O/c10-9(11)7-5-12-8-4-2-1-3-6(7)8/h1-4,7,9H,5H2. The van der Waals surface area contributed by atoms with Crippen molar-refractivity contribution in [3.8, 4) is 5.75 Å². The molecule has 64 valence electrons. The maximum absolute atomic E-state index is 12.3. The lowest BCUT2D eigenvalue weighted by Crippen LogP contribution is -2.09. The SMILES string of the molecule is FC(F)C1COc2ccccc21. The summed E-state index contributed by atoms with van der Waals surface area (Å²) in [5.74, 6) is -0.135. The van der Waals surface area contributed by atoms with Crippen molar-refractivity contribution in [3.63, 3.8) is 0 Å². The maximum Gasteiger partial charge on any atom is 0.248 e. The van der Waals surface area contributed by atoms with Gasteiger partial charge >= 0.3 is 0 Å². The third kappa shape index (κ3) is 1.05. The van der Waals surface area contributed by atoms with Crippen molar-refractivity contribution in [1.82, 2.24) is 0 Å². The van der Waals surface area contributed by atoms with Gasteiger partial charge in [0.2, 0.25) is 6.43 Å². The van der Waals surface area contributed by atoms with Gasteiger partial charge in [-0.2, -0.15) is 0 Å². The van der Waals surface area contributed by atoms with Crippen molar-refractivity contribution in [3.05, 3.63) is 29.8 Å². The lowest BCUT2D eigenvalue weighted by atomic mass is 10.0. The van der Waals surface area contributed by atoms with Gasteiger partial charge in [0.1, 0.15) is 12.4 Å². The van der Waals surface area contributed by atoms with Crippen LogP contribution in [0.15, 0.2) is 24.3 Å². The van der Waals surface area contributed by atoms with Crippen molar-refractivity contribution in [2.45, 2.75) is 12.3 Å². The first-order valence-corrected chi connectivity index (χ1v) is 3.79. The highest BCUT2D eigenvalue weighted by atomic mass is 19.3. The summed E-state index contributed by atoms with van der Waals surface area (Å²) in [7, 11) is 0. The van der Waals surface area contributed by atoms with Crippen molar-refractivity contribution in [2.75, 3.05) is 6.61 Å². The molecule has 2 rings (SSSR count). The van der Waals surface area contributed by atoms with Gasteiger partial charge in [0, 0.05) is 5.56 Å². The molecule has 1 atom stereocenters. The Kier molecular flexibility index (Phi) is 1.71. The predicted octanol–water partition coefficient (Wildman–Crippen LogP) is 2.43. The Morgan fingerprint density at radius 3 is 2.83 bits per heavy atom. The second-order valence-corrected chi connectivity index (χ2v) is 2.79. The minimum atomic E-state index is -2.33. The molecule has 1 aromatic rings. The topological polar surface area (TPSA) is 9.23 Å². The zero-order valence-corrected chi connectivity index (χ0v) is 6.34. The van der Waals surface area contributed by atoms with Crippen LogP contribution in [-0.4, -0.2) is 13.0 Å². The molecule has 0 amide bonds. The Morgan fingerprint density at radius 1 is 1.33 bits per heavy atom. The summed E-state index contributed by atoms with van der Waals surface area (Å²) in [5, 5.41) is 0. The monoisotopic (exact) mass is 170 g/mol. The minimum absolute atomic E-state index is 0.108. The molecule has 0 aromatic heterocycles. The number of fused-ring (bicyclic) bond motifs is 1. The van der Waals surface area contributed by atoms with E-state index in [1.165, 1.54) is 0 Å². The molecule has 0 aliphatic carbocycles. The van der Waals surface area contributed by atoms with Gasteiger partial charge in [0.05, 0.1) is 5.92 Å². The van der Waals surface area contributed by atoms with Gasteiger partial charge < -0.3 is 4.74 Å². The van der Waals surface area contributed by atoms with Crippen LogP contribution in [0.2, 0.25) is 0 Å². The minimum Gasteiger partial charge on any atom is -0.492 e. The van der Waals surface area contributed by atoms with Crippen LogP contribution in [-0.2, 0) is 0 Å². The van der Waals surface area contributed by atoms with Gasteiger partial charge in [0.15, 0.2) is 0 Å². The van der Waals surface area contributed by atoms with Gasteiger partial charge in [-0.1, -0.05) is 18.2 Å². The summed E-state index contributed by atoms with van der Waals surface area (Å²) in [6.45, 7) is 0.108. The average molecular weight is 170 g/mol. The summed E-state index contributed by atoms with van der Waals surface area (Å²) in [6.07, 6.45) is -2.33. The largest absolute Gasteiger partial charge is 0.492 e. The number of rotatable bonds is 1. The fourth-order valence-corrected chi connectivity index (χ4v) is 1.40. The molecule has 1 nitrogen and oxygen atoms in total. The Balaban J connectivity index is 2.36. The molecule has 12 heavy (non-hydrogen) atoms. The molecule has 0 spiro atoms. The van der Waals surface area contributed by atoms with Gasteiger partial charge in [-0.25, -0.2) is 8.78 Å². The van der Waals surface area contributed by atoms with Crippen LogP contribution < -0.4 is 4.74 Å². The summed E-state index contributed by atoms with van der Waals surface area (Å²) in [5.41, 5.74) is 0.632. The van der Waals surface area contributed by atoms with Crippen LogP contribution >= 0.6 is 0 Å². The second-order valence-electron chi connectivity index (χ2n) is 2.79. The van der Waals surface area contributed by atoms with Gasteiger partial charge in [-0.3, -0.25) is 0 Å². The number of ether oxygens (including phenoxy) is 1. The van der Waals surface area contributed by atoms with Crippen LogP contribution in [0.25, 0.3) is 0 Å². The fourth-order valence-electron chi connectivity index (χ4n) is 1.40. The van der Waals surface area contributed by atoms with Crippen molar-refractivity contribution in [1.29, 1.82) is 0 Å². The van der Waals surface area contributed by atoms with Crippen LogP contribution in [0, 0.1) is 0 Å². The number of halogens is 2. The molecule has 0 radical (unpaired) electrons.